The van der Waals surface area contributed by atoms with Gasteiger partial charge in [-0.25, -0.2) is 4.39 Å². The first-order chi connectivity index (χ1) is 9.99. The maximum Gasteiger partial charge on any atom is 0.305 e. The van der Waals surface area contributed by atoms with Crippen LogP contribution < -0.4 is 5.32 Å². The second-order valence-corrected chi connectivity index (χ2v) is 5.56. The summed E-state index contributed by atoms with van der Waals surface area (Å²) in [4.78, 5) is 23.8. The minimum Gasteiger partial charge on any atom is -0.481 e. The summed E-state index contributed by atoms with van der Waals surface area (Å²) in [6.07, 6.45) is -0.250. The Morgan fingerprint density at radius 1 is 1.33 bits per heavy atom. The first-order valence-corrected chi connectivity index (χ1v) is 7.18. The van der Waals surface area contributed by atoms with Gasteiger partial charge in [-0.05, 0) is 30.0 Å². The largest absolute Gasteiger partial charge is 0.481 e. The van der Waals surface area contributed by atoms with Gasteiger partial charge in [0.15, 0.2) is 0 Å². The van der Waals surface area contributed by atoms with Crippen molar-refractivity contribution in [3.05, 3.63) is 57.5 Å². The zero-order valence-electron chi connectivity index (χ0n) is 11.3. The third-order valence-electron chi connectivity index (χ3n) is 3.01. The van der Waals surface area contributed by atoms with Gasteiger partial charge in [0, 0.05) is 4.88 Å². The monoisotopic (exact) mass is 307 g/mol. The van der Waals surface area contributed by atoms with Gasteiger partial charge in [0.2, 0.25) is 0 Å². The predicted molar refractivity (Wildman–Crippen MR) is 77.9 cm³/mol. The molecule has 0 fully saturated rings. The third-order valence-corrected chi connectivity index (χ3v) is 3.99. The average Bonchev–Trinajstić information content (AvgIpc) is 2.94. The first-order valence-electron chi connectivity index (χ1n) is 6.30. The second kappa shape index (κ2) is 6.49. The molecular weight excluding hydrogens is 293 g/mol. The highest BCUT2D eigenvalue weighted by Gasteiger charge is 2.21. The van der Waals surface area contributed by atoms with Crippen molar-refractivity contribution in [1.82, 2.24) is 5.32 Å². The summed E-state index contributed by atoms with van der Waals surface area (Å²) in [5.74, 6) is -2.23. The van der Waals surface area contributed by atoms with Gasteiger partial charge in [-0.1, -0.05) is 18.2 Å². The summed E-state index contributed by atoms with van der Waals surface area (Å²) in [5.41, 5.74) is 0.288. The van der Waals surface area contributed by atoms with Gasteiger partial charge >= 0.3 is 5.97 Å². The van der Waals surface area contributed by atoms with E-state index < -0.39 is 23.7 Å². The molecule has 1 aromatic heterocycles. The van der Waals surface area contributed by atoms with Crippen LogP contribution in [0.25, 0.3) is 0 Å². The third kappa shape index (κ3) is 3.66. The van der Waals surface area contributed by atoms with Gasteiger partial charge < -0.3 is 10.4 Å². The number of carboxylic acid groups (broad SMARTS) is 1. The predicted octanol–water partition coefficient (Wildman–Crippen LogP) is 3.14. The number of rotatable bonds is 5. The van der Waals surface area contributed by atoms with Crippen LogP contribution in [-0.2, 0) is 4.79 Å². The van der Waals surface area contributed by atoms with Gasteiger partial charge in [0.25, 0.3) is 5.91 Å². The second-order valence-electron chi connectivity index (χ2n) is 4.58. The summed E-state index contributed by atoms with van der Waals surface area (Å²) in [7, 11) is 0. The van der Waals surface area contributed by atoms with Gasteiger partial charge in [-0.2, -0.15) is 0 Å². The molecule has 1 unspecified atom stereocenters. The maximum absolute atomic E-state index is 13.9. The van der Waals surface area contributed by atoms with Gasteiger partial charge in [0.05, 0.1) is 18.0 Å². The standard InChI is InChI=1S/C15H14FNO3S/c1-9-4-2-5-10(14(9)16)15(20)17-11(8-13(18)19)12-6-3-7-21-12/h2-7,11H,8H2,1H3,(H,17,20)(H,18,19). The number of halogens is 1. The van der Waals surface area contributed by atoms with E-state index in [-0.39, 0.29) is 12.0 Å². The molecule has 0 aliphatic carbocycles. The number of aryl methyl sites for hydroxylation is 1. The van der Waals surface area contributed by atoms with E-state index in [1.807, 2.05) is 0 Å². The zero-order chi connectivity index (χ0) is 15.4. The van der Waals surface area contributed by atoms with Crippen LogP contribution in [0.1, 0.15) is 33.3 Å². The highest BCUT2D eigenvalue weighted by molar-refractivity contribution is 7.10. The summed E-state index contributed by atoms with van der Waals surface area (Å²) < 4.78 is 13.9. The topological polar surface area (TPSA) is 66.4 Å². The molecule has 1 atom stereocenters. The fourth-order valence-electron chi connectivity index (χ4n) is 1.95. The number of thiophene rings is 1. The SMILES string of the molecule is Cc1cccc(C(=O)NC(CC(=O)O)c2cccs2)c1F. The molecule has 0 saturated heterocycles. The molecule has 6 heteroatoms. The Bertz CT molecular complexity index is 655. The molecule has 0 aliphatic heterocycles. The summed E-state index contributed by atoms with van der Waals surface area (Å²) in [6, 6.07) is 7.38. The van der Waals surface area contributed by atoms with Crippen molar-refractivity contribution in [2.45, 2.75) is 19.4 Å². The number of hydrogen-bond donors (Lipinski definition) is 2. The number of carbonyl (C=O) groups is 2. The molecular formula is C15H14FNO3S. The van der Waals surface area contributed by atoms with E-state index in [0.29, 0.717) is 5.56 Å². The lowest BCUT2D eigenvalue weighted by atomic mass is 10.1. The Labute approximate surface area is 125 Å². The van der Waals surface area contributed by atoms with E-state index in [4.69, 9.17) is 5.11 Å². The molecule has 21 heavy (non-hydrogen) atoms. The molecule has 2 aromatic rings. The Balaban J connectivity index is 2.22. The number of carbonyl (C=O) groups excluding carboxylic acids is 1. The molecule has 0 spiro atoms. The van der Waals surface area contributed by atoms with Crippen LogP contribution >= 0.6 is 11.3 Å². The van der Waals surface area contributed by atoms with E-state index >= 15 is 0 Å². The molecule has 1 amide bonds. The van der Waals surface area contributed by atoms with E-state index in [1.165, 1.54) is 17.4 Å². The average molecular weight is 307 g/mol. The Kier molecular flexibility index (Phi) is 4.70. The zero-order valence-corrected chi connectivity index (χ0v) is 12.1. The van der Waals surface area contributed by atoms with Crippen LogP contribution in [0.15, 0.2) is 35.7 Å². The number of hydrogen-bond acceptors (Lipinski definition) is 3. The van der Waals surface area contributed by atoms with Gasteiger partial charge in [0.1, 0.15) is 5.82 Å². The fraction of sp³-hybridized carbons (Fsp3) is 0.200. The Morgan fingerprint density at radius 2 is 2.10 bits per heavy atom. The molecule has 110 valence electrons. The van der Waals surface area contributed by atoms with E-state index in [1.54, 1.807) is 36.6 Å². The fourth-order valence-corrected chi connectivity index (χ4v) is 2.72. The minimum absolute atomic E-state index is 0.0815. The molecule has 0 radical (unpaired) electrons. The van der Waals surface area contributed by atoms with Crippen molar-refractivity contribution >= 4 is 23.2 Å². The van der Waals surface area contributed by atoms with Crippen molar-refractivity contribution < 1.29 is 19.1 Å². The van der Waals surface area contributed by atoms with Crippen molar-refractivity contribution in [2.24, 2.45) is 0 Å². The number of amides is 1. The molecule has 1 heterocycles. The number of aliphatic carboxylic acids is 1. The van der Waals surface area contributed by atoms with Crippen molar-refractivity contribution in [3.63, 3.8) is 0 Å². The lowest BCUT2D eigenvalue weighted by Crippen LogP contribution is -2.30. The van der Waals surface area contributed by atoms with Crippen molar-refractivity contribution in [3.8, 4) is 0 Å². The van der Waals surface area contributed by atoms with Crippen LogP contribution in [0, 0.1) is 12.7 Å². The summed E-state index contributed by atoms with van der Waals surface area (Å²) in [5, 5.41) is 13.3. The number of nitrogens with one attached hydrogen (secondary N) is 1. The quantitative estimate of drug-likeness (QED) is 0.892. The summed E-state index contributed by atoms with van der Waals surface area (Å²) in [6.45, 7) is 1.57. The molecule has 0 bridgehead atoms. The maximum atomic E-state index is 13.9. The van der Waals surface area contributed by atoms with Gasteiger partial charge in [-0.3, -0.25) is 9.59 Å². The highest BCUT2D eigenvalue weighted by atomic mass is 32.1. The van der Waals surface area contributed by atoms with E-state index in [0.717, 1.165) is 4.88 Å². The normalized spacial score (nSPS) is 11.9. The van der Waals surface area contributed by atoms with E-state index in [9.17, 15) is 14.0 Å². The first kappa shape index (κ1) is 15.2. The lowest BCUT2D eigenvalue weighted by molar-refractivity contribution is -0.137. The molecule has 4 nitrogen and oxygen atoms in total. The Morgan fingerprint density at radius 3 is 2.71 bits per heavy atom. The van der Waals surface area contributed by atoms with Crippen LogP contribution in [0.3, 0.4) is 0 Å². The Hall–Kier alpha value is -2.21. The van der Waals surface area contributed by atoms with Crippen LogP contribution in [0.2, 0.25) is 0 Å². The minimum atomic E-state index is -1.03. The molecule has 2 N–H and O–H groups in total. The molecule has 0 saturated carbocycles. The molecule has 2 rings (SSSR count). The smallest absolute Gasteiger partial charge is 0.305 e. The highest BCUT2D eigenvalue weighted by Crippen LogP contribution is 2.23. The van der Waals surface area contributed by atoms with Crippen molar-refractivity contribution in [2.75, 3.05) is 0 Å². The van der Waals surface area contributed by atoms with Crippen LogP contribution in [0.4, 0.5) is 4.39 Å². The van der Waals surface area contributed by atoms with Gasteiger partial charge in [-0.15, -0.1) is 11.3 Å². The number of benzene rings is 1. The summed E-state index contributed by atoms with van der Waals surface area (Å²) >= 11 is 1.35. The number of carboxylic acids is 1. The van der Waals surface area contributed by atoms with Crippen LogP contribution in [-0.4, -0.2) is 17.0 Å². The van der Waals surface area contributed by atoms with Crippen molar-refractivity contribution in [1.29, 1.82) is 0 Å². The molecule has 0 aliphatic rings. The lowest BCUT2D eigenvalue weighted by Gasteiger charge is -2.16. The van der Waals surface area contributed by atoms with Crippen LogP contribution in [0.5, 0.6) is 0 Å². The molecule has 1 aromatic carbocycles. The van der Waals surface area contributed by atoms with E-state index in [2.05, 4.69) is 5.32 Å².